The Morgan fingerprint density at radius 2 is 2.12 bits per heavy atom. The molecule has 134 valence electrons. The van der Waals surface area contributed by atoms with Crippen LogP contribution in [-0.4, -0.2) is 47.0 Å². The molecule has 0 saturated carbocycles. The number of nitrogens with zero attached hydrogens (tertiary/aromatic N) is 3. The minimum absolute atomic E-state index is 0.0910. The molecule has 1 aromatic carbocycles. The predicted molar refractivity (Wildman–Crippen MR) is 92.2 cm³/mol. The number of amides is 2. The minimum atomic E-state index is -0.299. The summed E-state index contributed by atoms with van der Waals surface area (Å²) in [5.41, 5.74) is 2.12. The molecule has 3 rings (SSSR count). The van der Waals surface area contributed by atoms with Crippen LogP contribution >= 0.6 is 0 Å². The Hall–Kier alpha value is -2.57. The number of carbonyl (C=O) groups excluding carboxylic acids is 1. The maximum atomic E-state index is 12.8. The first-order valence-corrected chi connectivity index (χ1v) is 8.47. The molecule has 2 heterocycles. The number of hydrogen-bond donors (Lipinski definition) is 1. The van der Waals surface area contributed by atoms with E-state index in [0.29, 0.717) is 32.0 Å². The van der Waals surface area contributed by atoms with E-state index < -0.39 is 0 Å². The maximum Gasteiger partial charge on any atom is 0.317 e. The van der Waals surface area contributed by atoms with Crippen molar-refractivity contribution in [3.63, 3.8) is 0 Å². The van der Waals surface area contributed by atoms with E-state index in [4.69, 9.17) is 4.74 Å². The number of rotatable bonds is 5. The second-order valence-electron chi connectivity index (χ2n) is 6.29. The molecule has 1 aliphatic heterocycles. The van der Waals surface area contributed by atoms with Crippen molar-refractivity contribution < 1.29 is 13.9 Å². The summed E-state index contributed by atoms with van der Waals surface area (Å²) in [4.78, 5) is 14.1. The van der Waals surface area contributed by atoms with Gasteiger partial charge in [0.15, 0.2) is 0 Å². The summed E-state index contributed by atoms with van der Waals surface area (Å²) < 4.78 is 20.3. The van der Waals surface area contributed by atoms with E-state index in [0.717, 1.165) is 17.8 Å². The monoisotopic (exact) mass is 346 g/mol. The molecule has 1 N–H and O–H groups in total. The van der Waals surface area contributed by atoms with Crippen LogP contribution in [0.5, 0.6) is 5.75 Å². The van der Waals surface area contributed by atoms with Gasteiger partial charge in [-0.3, -0.25) is 4.68 Å². The van der Waals surface area contributed by atoms with E-state index >= 15 is 0 Å². The fraction of sp³-hybridized carbons (Fsp3) is 0.444. The average molecular weight is 346 g/mol. The lowest BCUT2D eigenvalue weighted by molar-refractivity contribution is 0.203. The number of nitrogens with one attached hydrogen (secondary N) is 1. The zero-order chi connectivity index (χ0) is 17.8. The van der Waals surface area contributed by atoms with Gasteiger partial charge >= 0.3 is 6.03 Å². The highest BCUT2D eigenvalue weighted by molar-refractivity contribution is 5.74. The van der Waals surface area contributed by atoms with E-state index in [1.807, 2.05) is 18.5 Å². The van der Waals surface area contributed by atoms with Crippen LogP contribution in [-0.2, 0) is 0 Å². The number of carbonyl (C=O) groups is 1. The van der Waals surface area contributed by atoms with Crippen molar-refractivity contribution >= 4 is 6.03 Å². The van der Waals surface area contributed by atoms with Crippen LogP contribution in [0, 0.1) is 19.7 Å². The minimum Gasteiger partial charge on any atom is -0.492 e. The fourth-order valence-corrected chi connectivity index (χ4v) is 3.11. The van der Waals surface area contributed by atoms with Gasteiger partial charge in [0.2, 0.25) is 0 Å². The molecule has 1 fully saturated rings. The number of benzene rings is 1. The Kier molecular flexibility index (Phi) is 5.21. The summed E-state index contributed by atoms with van der Waals surface area (Å²) >= 11 is 0. The molecule has 25 heavy (non-hydrogen) atoms. The molecule has 0 aliphatic carbocycles. The van der Waals surface area contributed by atoms with Crippen LogP contribution in [0.4, 0.5) is 9.18 Å². The van der Waals surface area contributed by atoms with Crippen molar-refractivity contribution in [1.29, 1.82) is 0 Å². The second kappa shape index (κ2) is 7.55. The standard InChI is InChI=1S/C18H23FN4O2/c1-13-11-14(2)23(21-13)16-7-9-22(12-16)18(24)20-8-10-25-17-5-3-15(19)4-6-17/h3-6,11,16H,7-10,12H2,1-2H3,(H,20,24)/t16-/m0/s1. The third-order valence-electron chi connectivity index (χ3n) is 4.30. The van der Waals surface area contributed by atoms with E-state index in [1.165, 1.54) is 12.1 Å². The lowest BCUT2D eigenvalue weighted by atomic mass is 10.2. The van der Waals surface area contributed by atoms with Crippen LogP contribution < -0.4 is 10.1 Å². The quantitative estimate of drug-likeness (QED) is 0.847. The molecule has 2 aromatic rings. The van der Waals surface area contributed by atoms with Gasteiger partial charge in [0.1, 0.15) is 18.2 Å². The van der Waals surface area contributed by atoms with Crippen molar-refractivity contribution in [2.45, 2.75) is 26.3 Å². The topological polar surface area (TPSA) is 59.4 Å². The van der Waals surface area contributed by atoms with E-state index in [1.54, 1.807) is 17.0 Å². The van der Waals surface area contributed by atoms with Crippen molar-refractivity contribution in [2.75, 3.05) is 26.2 Å². The van der Waals surface area contributed by atoms with Crippen LogP contribution in [0.2, 0.25) is 0 Å². The summed E-state index contributed by atoms with van der Waals surface area (Å²) in [6, 6.07) is 8.01. The zero-order valence-electron chi connectivity index (χ0n) is 14.5. The molecule has 1 aromatic heterocycles. The molecule has 0 radical (unpaired) electrons. The Morgan fingerprint density at radius 1 is 1.36 bits per heavy atom. The van der Waals surface area contributed by atoms with Crippen molar-refractivity contribution in [3.8, 4) is 5.75 Å². The van der Waals surface area contributed by atoms with Gasteiger partial charge in [0, 0.05) is 18.8 Å². The first-order valence-electron chi connectivity index (χ1n) is 8.47. The zero-order valence-corrected chi connectivity index (χ0v) is 14.5. The smallest absolute Gasteiger partial charge is 0.317 e. The number of likely N-dealkylation sites (tertiary alicyclic amines) is 1. The number of aryl methyl sites for hydroxylation is 2. The highest BCUT2D eigenvalue weighted by Crippen LogP contribution is 2.22. The maximum absolute atomic E-state index is 12.8. The third kappa shape index (κ3) is 4.29. The van der Waals surface area contributed by atoms with Crippen molar-refractivity contribution in [1.82, 2.24) is 20.0 Å². The molecule has 1 aliphatic rings. The third-order valence-corrected chi connectivity index (χ3v) is 4.30. The number of halogens is 1. The summed E-state index contributed by atoms with van der Waals surface area (Å²) in [7, 11) is 0. The Bertz CT molecular complexity index is 729. The number of ether oxygens (including phenoxy) is 1. The van der Waals surface area contributed by atoms with Crippen molar-refractivity contribution in [3.05, 3.63) is 47.5 Å². The molecule has 0 spiro atoms. The molecule has 6 nitrogen and oxygen atoms in total. The SMILES string of the molecule is Cc1cc(C)n([C@H]2CCN(C(=O)NCCOc3ccc(F)cc3)C2)n1. The average Bonchev–Trinajstić information content (AvgIpc) is 3.19. The first-order chi connectivity index (χ1) is 12.0. The van der Waals surface area contributed by atoms with Gasteiger partial charge in [-0.2, -0.15) is 5.10 Å². The predicted octanol–water partition coefficient (Wildman–Crippen LogP) is 2.67. The Morgan fingerprint density at radius 3 is 2.80 bits per heavy atom. The van der Waals surface area contributed by atoms with Crippen LogP contribution in [0.25, 0.3) is 0 Å². The normalized spacial score (nSPS) is 16.9. The number of aromatic nitrogens is 2. The Labute approximate surface area is 146 Å². The van der Waals surface area contributed by atoms with E-state index in [-0.39, 0.29) is 17.9 Å². The van der Waals surface area contributed by atoms with Crippen LogP contribution in [0.3, 0.4) is 0 Å². The molecule has 2 amide bonds. The molecule has 1 saturated heterocycles. The fourth-order valence-electron chi connectivity index (χ4n) is 3.11. The largest absolute Gasteiger partial charge is 0.492 e. The first kappa shape index (κ1) is 17.3. The molecular formula is C18H23FN4O2. The van der Waals surface area contributed by atoms with E-state index in [9.17, 15) is 9.18 Å². The summed E-state index contributed by atoms with van der Waals surface area (Å²) in [6.07, 6.45) is 0.904. The number of hydrogen-bond acceptors (Lipinski definition) is 3. The highest BCUT2D eigenvalue weighted by atomic mass is 19.1. The molecule has 0 unspecified atom stereocenters. The van der Waals surface area contributed by atoms with Gasteiger partial charge in [-0.25, -0.2) is 9.18 Å². The molecule has 7 heteroatoms. The number of urea groups is 1. The van der Waals surface area contributed by atoms with Crippen LogP contribution in [0.15, 0.2) is 30.3 Å². The second-order valence-corrected chi connectivity index (χ2v) is 6.29. The van der Waals surface area contributed by atoms with Gasteiger partial charge in [0.25, 0.3) is 0 Å². The van der Waals surface area contributed by atoms with Crippen molar-refractivity contribution in [2.24, 2.45) is 0 Å². The van der Waals surface area contributed by atoms with Gasteiger partial charge in [0.05, 0.1) is 18.3 Å². The van der Waals surface area contributed by atoms with E-state index in [2.05, 4.69) is 16.5 Å². The van der Waals surface area contributed by atoms with Gasteiger partial charge in [-0.05, 0) is 50.6 Å². The molecular weight excluding hydrogens is 323 g/mol. The lowest BCUT2D eigenvalue weighted by Gasteiger charge is -2.18. The van der Waals surface area contributed by atoms with Gasteiger partial charge in [-0.1, -0.05) is 0 Å². The lowest BCUT2D eigenvalue weighted by Crippen LogP contribution is -2.40. The Balaban J connectivity index is 1.41. The molecule has 0 bridgehead atoms. The summed E-state index contributed by atoms with van der Waals surface area (Å²) in [6.45, 7) is 6.13. The van der Waals surface area contributed by atoms with Gasteiger partial charge in [-0.15, -0.1) is 0 Å². The summed E-state index contributed by atoms with van der Waals surface area (Å²) in [5.74, 6) is 0.285. The van der Waals surface area contributed by atoms with Crippen LogP contribution in [0.1, 0.15) is 23.9 Å². The molecule has 1 atom stereocenters. The highest BCUT2D eigenvalue weighted by Gasteiger charge is 2.28. The van der Waals surface area contributed by atoms with Gasteiger partial charge < -0.3 is 15.0 Å². The summed E-state index contributed by atoms with van der Waals surface area (Å²) in [5, 5.41) is 7.37.